The first-order valence-corrected chi connectivity index (χ1v) is 9.45. The minimum absolute atomic E-state index is 0.427. The molecule has 2 aromatic carbocycles. The van der Waals surface area contributed by atoms with Gasteiger partial charge in [0.05, 0.1) is 0 Å². The molecule has 0 fully saturated rings. The highest BCUT2D eigenvalue weighted by atomic mass is 32.2. The highest BCUT2D eigenvalue weighted by Crippen LogP contribution is 2.24. The highest BCUT2D eigenvalue weighted by molar-refractivity contribution is 7.98. The average molecular weight is 353 g/mol. The average Bonchev–Trinajstić information content (AvgIpc) is 3.02. The lowest BCUT2D eigenvalue weighted by Crippen LogP contribution is -2.07. The number of hydrogen-bond acceptors (Lipinski definition) is 4. The van der Waals surface area contributed by atoms with Gasteiger partial charge in [0, 0.05) is 12.3 Å². The number of para-hydroxylation sites is 1. The Morgan fingerprint density at radius 2 is 1.68 bits per heavy atom. The molecule has 0 spiro atoms. The van der Waals surface area contributed by atoms with Crippen LogP contribution in [0.4, 0.5) is 0 Å². The van der Waals surface area contributed by atoms with Crippen molar-refractivity contribution in [2.75, 3.05) is 0 Å². The van der Waals surface area contributed by atoms with Gasteiger partial charge in [-0.3, -0.25) is 0 Å². The van der Waals surface area contributed by atoms with Crippen LogP contribution in [0.25, 0.3) is 0 Å². The van der Waals surface area contributed by atoms with Crippen molar-refractivity contribution >= 4 is 11.8 Å². The lowest BCUT2D eigenvalue weighted by molar-refractivity contribution is 0.286. The molecular weight excluding hydrogens is 330 g/mol. The molecule has 0 atom stereocenters. The van der Waals surface area contributed by atoms with E-state index in [4.69, 9.17) is 4.74 Å². The Bertz CT molecular complexity index is 777. The number of thioether (sulfide) groups is 1. The van der Waals surface area contributed by atoms with E-state index < -0.39 is 0 Å². The van der Waals surface area contributed by atoms with Crippen LogP contribution in [0.1, 0.15) is 29.4 Å². The van der Waals surface area contributed by atoms with Gasteiger partial charge in [0.25, 0.3) is 0 Å². The third-order valence-corrected chi connectivity index (χ3v) is 5.19. The Morgan fingerprint density at radius 3 is 2.40 bits per heavy atom. The van der Waals surface area contributed by atoms with Crippen molar-refractivity contribution in [3.8, 4) is 5.75 Å². The van der Waals surface area contributed by atoms with Crippen molar-refractivity contribution in [2.24, 2.45) is 0 Å². The summed E-state index contributed by atoms with van der Waals surface area (Å²) in [5.41, 5.74) is 3.76. The van der Waals surface area contributed by atoms with E-state index in [0.29, 0.717) is 6.61 Å². The molecule has 0 bridgehead atoms. The fraction of sp³-hybridized carbons (Fsp3) is 0.300. The predicted molar refractivity (Wildman–Crippen MR) is 102 cm³/mol. The highest BCUT2D eigenvalue weighted by Gasteiger charge is 2.13. The Balaban J connectivity index is 1.68. The second kappa shape index (κ2) is 8.21. The van der Waals surface area contributed by atoms with Crippen LogP contribution in [0, 0.1) is 13.8 Å². The van der Waals surface area contributed by atoms with Gasteiger partial charge in [0.1, 0.15) is 12.4 Å². The summed E-state index contributed by atoms with van der Waals surface area (Å²) in [6.07, 6.45) is 0. The molecule has 0 aliphatic heterocycles. The maximum absolute atomic E-state index is 5.93. The summed E-state index contributed by atoms with van der Waals surface area (Å²) in [5.74, 6) is 2.64. The SMILES string of the molecule is CCn1c(COc2ccccc2C)nnc1SCc1ccccc1C. The van der Waals surface area contributed by atoms with E-state index in [2.05, 4.69) is 52.9 Å². The molecule has 3 aromatic rings. The lowest BCUT2D eigenvalue weighted by Gasteiger charge is -2.10. The van der Waals surface area contributed by atoms with Crippen LogP contribution < -0.4 is 4.74 Å². The lowest BCUT2D eigenvalue weighted by atomic mass is 10.1. The van der Waals surface area contributed by atoms with E-state index in [1.165, 1.54) is 11.1 Å². The smallest absolute Gasteiger partial charge is 0.191 e. The number of nitrogens with zero attached hydrogens (tertiary/aromatic N) is 3. The Labute approximate surface area is 153 Å². The summed E-state index contributed by atoms with van der Waals surface area (Å²) in [5, 5.41) is 9.63. The van der Waals surface area contributed by atoms with Gasteiger partial charge < -0.3 is 9.30 Å². The van der Waals surface area contributed by atoms with Crippen molar-refractivity contribution in [1.29, 1.82) is 0 Å². The van der Waals surface area contributed by atoms with Gasteiger partial charge in [-0.1, -0.05) is 54.2 Å². The summed E-state index contributed by atoms with van der Waals surface area (Å²) in [4.78, 5) is 0. The number of benzene rings is 2. The molecule has 0 amide bonds. The quantitative estimate of drug-likeness (QED) is 0.573. The summed E-state index contributed by atoms with van der Waals surface area (Å²) in [6, 6.07) is 16.5. The number of aromatic nitrogens is 3. The molecule has 0 aliphatic carbocycles. The van der Waals surface area contributed by atoms with Crippen molar-refractivity contribution in [3.05, 3.63) is 71.0 Å². The summed E-state index contributed by atoms with van der Waals surface area (Å²) < 4.78 is 8.05. The number of hydrogen-bond donors (Lipinski definition) is 0. The summed E-state index contributed by atoms with van der Waals surface area (Å²) >= 11 is 1.72. The van der Waals surface area contributed by atoms with Gasteiger partial charge in [-0.25, -0.2) is 0 Å². The Kier molecular flexibility index (Phi) is 5.76. The Hall–Kier alpha value is -2.27. The van der Waals surface area contributed by atoms with E-state index in [0.717, 1.165) is 34.6 Å². The molecule has 0 unspecified atom stereocenters. The third-order valence-electron chi connectivity index (χ3n) is 4.18. The van der Waals surface area contributed by atoms with Gasteiger partial charge in [-0.2, -0.15) is 0 Å². The second-order valence-corrected chi connectivity index (χ2v) is 6.85. The standard InChI is InChI=1S/C20H23N3OS/c1-4-23-19(13-24-18-12-8-6-10-16(18)3)21-22-20(23)25-14-17-11-7-5-9-15(17)2/h5-12H,4,13-14H2,1-3H3. The zero-order chi connectivity index (χ0) is 17.6. The van der Waals surface area contributed by atoms with Gasteiger partial charge in [0.2, 0.25) is 0 Å². The van der Waals surface area contributed by atoms with Crippen LogP contribution in [0.15, 0.2) is 53.7 Å². The molecule has 0 N–H and O–H groups in total. The molecule has 0 radical (unpaired) electrons. The van der Waals surface area contributed by atoms with Gasteiger partial charge in [-0.15, -0.1) is 10.2 Å². The van der Waals surface area contributed by atoms with Crippen LogP contribution in [0.5, 0.6) is 5.75 Å². The molecule has 25 heavy (non-hydrogen) atoms. The van der Waals surface area contributed by atoms with Gasteiger partial charge in [-0.05, 0) is 43.5 Å². The molecule has 130 valence electrons. The molecule has 5 heteroatoms. The fourth-order valence-electron chi connectivity index (χ4n) is 2.63. The van der Waals surface area contributed by atoms with Crippen LogP contribution >= 0.6 is 11.8 Å². The second-order valence-electron chi connectivity index (χ2n) is 5.91. The maximum Gasteiger partial charge on any atom is 0.191 e. The van der Waals surface area contributed by atoms with E-state index >= 15 is 0 Å². The topological polar surface area (TPSA) is 39.9 Å². The third kappa shape index (κ3) is 4.23. The Morgan fingerprint density at radius 1 is 0.960 bits per heavy atom. The van der Waals surface area contributed by atoms with E-state index in [1.54, 1.807) is 11.8 Å². The van der Waals surface area contributed by atoms with Crippen LogP contribution in [0.2, 0.25) is 0 Å². The first-order valence-electron chi connectivity index (χ1n) is 8.47. The molecule has 3 rings (SSSR count). The molecule has 1 aromatic heterocycles. The monoisotopic (exact) mass is 353 g/mol. The van der Waals surface area contributed by atoms with Crippen LogP contribution in [0.3, 0.4) is 0 Å². The first kappa shape index (κ1) is 17.5. The summed E-state index contributed by atoms with van der Waals surface area (Å²) in [6.45, 7) is 7.55. The van der Waals surface area contributed by atoms with E-state index in [9.17, 15) is 0 Å². The maximum atomic E-state index is 5.93. The van der Waals surface area contributed by atoms with Crippen LogP contribution in [-0.4, -0.2) is 14.8 Å². The summed E-state index contributed by atoms with van der Waals surface area (Å²) in [7, 11) is 0. The fourth-order valence-corrected chi connectivity index (χ4v) is 3.72. The first-order chi connectivity index (χ1) is 12.2. The zero-order valence-electron chi connectivity index (χ0n) is 14.9. The van der Waals surface area contributed by atoms with E-state index in [-0.39, 0.29) is 0 Å². The van der Waals surface area contributed by atoms with Crippen molar-refractivity contribution in [1.82, 2.24) is 14.8 Å². The van der Waals surface area contributed by atoms with Crippen molar-refractivity contribution < 1.29 is 4.74 Å². The zero-order valence-corrected chi connectivity index (χ0v) is 15.7. The predicted octanol–water partition coefficient (Wildman–Crippen LogP) is 4.79. The number of aryl methyl sites for hydroxylation is 2. The number of ether oxygens (including phenoxy) is 1. The minimum Gasteiger partial charge on any atom is -0.485 e. The molecular formula is C20H23N3OS. The molecule has 4 nitrogen and oxygen atoms in total. The normalized spacial score (nSPS) is 10.8. The minimum atomic E-state index is 0.427. The van der Waals surface area contributed by atoms with E-state index in [1.807, 2.05) is 31.2 Å². The number of rotatable bonds is 7. The molecule has 0 aliphatic rings. The van der Waals surface area contributed by atoms with Crippen molar-refractivity contribution in [3.63, 3.8) is 0 Å². The van der Waals surface area contributed by atoms with Gasteiger partial charge >= 0.3 is 0 Å². The van der Waals surface area contributed by atoms with Crippen LogP contribution in [-0.2, 0) is 18.9 Å². The van der Waals surface area contributed by atoms with Crippen molar-refractivity contribution in [2.45, 2.75) is 44.8 Å². The molecule has 1 heterocycles. The largest absolute Gasteiger partial charge is 0.485 e. The molecule has 0 saturated carbocycles. The van der Waals surface area contributed by atoms with Gasteiger partial charge in [0.15, 0.2) is 11.0 Å². The molecule has 0 saturated heterocycles.